The molecule has 1 fully saturated rings. The molecule has 0 atom stereocenters. The number of rotatable bonds is 8. The lowest BCUT2D eigenvalue weighted by molar-refractivity contribution is -0.114. The van der Waals surface area contributed by atoms with E-state index in [2.05, 4.69) is 21.2 Å². The van der Waals surface area contributed by atoms with Crippen LogP contribution in [0.1, 0.15) is 29.6 Å². The van der Waals surface area contributed by atoms with E-state index in [1.165, 1.54) is 18.2 Å². The number of benzene rings is 2. The van der Waals surface area contributed by atoms with Crippen LogP contribution in [-0.4, -0.2) is 70.6 Å². The Morgan fingerprint density at radius 3 is 2.58 bits per heavy atom. The molecule has 33 heavy (non-hydrogen) atoms. The summed E-state index contributed by atoms with van der Waals surface area (Å²) >= 11 is 0. The van der Waals surface area contributed by atoms with Gasteiger partial charge in [-0.25, -0.2) is 8.42 Å². The molecule has 2 heterocycles. The maximum Gasteiger partial charge on any atom is 0.239 e. The van der Waals surface area contributed by atoms with Gasteiger partial charge in [-0.3, -0.25) is 14.5 Å². The van der Waals surface area contributed by atoms with E-state index in [4.69, 9.17) is 4.74 Å². The normalized spacial score (nSPS) is 17.8. The summed E-state index contributed by atoms with van der Waals surface area (Å²) in [6.45, 7) is 4.73. The van der Waals surface area contributed by atoms with Crippen molar-refractivity contribution >= 4 is 32.9 Å². The second-order valence-corrected chi connectivity index (χ2v) is 10.4. The highest BCUT2D eigenvalue weighted by Gasteiger charge is 2.29. The third-order valence-corrected chi connectivity index (χ3v) is 7.83. The number of fused-ring (bicyclic) bond motifs is 1. The number of amides is 1. The molecule has 0 radical (unpaired) electrons. The third kappa shape index (κ3) is 5.36. The molecule has 176 valence electrons. The van der Waals surface area contributed by atoms with Crippen LogP contribution in [0.3, 0.4) is 0 Å². The van der Waals surface area contributed by atoms with Gasteiger partial charge in [-0.1, -0.05) is 12.1 Å². The molecule has 0 aromatic heterocycles. The van der Waals surface area contributed by atoms with E-state index in [1.54, 1.807) is 7.11 Å². The molecule has 0 spiro atoms. The first-order valence-corrected chi connectivity index (χ1v) is 12.8. The van der Waals surface area contributed by atoms with Crippen LogP contribution in [-0.2, 0) is 14.6 Å². The highest BCUT2D eigenvalue weighted by atomic mass is 32.2. The zero-order chi connectivity index (χ0) is 23.4. The fourth-order valence-electron chi connectivity index (χ4n) is 4.38. The lowest BCUT2D eigenvalue weighted by Gasteiger charge is -2.36. The van der Waals surface area contributed by atoms with E-state index in [0.29, 0.717) is 12.0 Å². The number of para-hydroxylation sites is 2. The van der Waals surface area contributed by atoms with Gasteiger partial charge in [-0.15, -0.1) is 0 Å². The zero-order valence-corrected chi connectivity index (χ0v) is 19.6. The number of piperazine rings is 1. The molecular weight excluding hydrogens is 442 g/mol. The summed E-state index contributed by atoms with van der Waals surface area (Å²) in [6, 6.07) is 12.5. The van der Waals surface area contributed by atoms with Gasteiger partial charge < -0.3 is 15.0 Å². The van der Waals surface area contributed by atoms with Crippen LogP contribution < -0.4 is 15.0 Å². The third-order valence-electron chi connectivity index (χ3n) is 6.16. The summed E-state index contributed by atoms with van der Waals surface area (Å²) in [7, 11) is -1.94. The molecule has 0 aliphatic carbocycles. The topological polar surface area (TPSA) is 96.0 Å². The molecule has 9 heteroatoms. The van der Waals surface area contributed by atoms with Gasteiger partial charge in [0.05, 0.1) is 23.4 Å². The van der Waals surface area contributed by atoms with Crippen molar-refractivity contribution in [3.8, 4) is 5.75 Å². The molecule has 2 aromatic rings. The number of hydrogen-bond donors (Lipinski definition) is 1. The van der Waals surface area contributed by atoms with Crippen LogP contribution in [0.25, 0.3) is 0 Å². The van der Waals surface area contributed by atoms with Crippen molar-refractivity contribution in [3.05, 3.63) is 48.0 Å². The number of Topliss-reactive ketones (excluding diaryl/α,β-unsaturated/α-hetero) is 1. The Morgan fingerprint density at radius 1 is 1.06 bits per heavy atom. The number of sulfone groups is 1. The summed E-state index contributed by atoms with van der Waals surface area (Å²) in [5.74, 6) is -0.279. The van der Waals surface area contributed by atoms with Crippen LogP contribution in [0, 0.1) is 0 Å². The van der Waals surface area contributed by atoms with E-state index in [9.17, 15) is 18.0 Å². The lowest BCUT2D eigenvalue weighted by Crippen LogP contribution is -2.46. The van der Waals surface area contributed by atoms with Gasteiger partial charge in [0.1, 0.15) is 11.5 Å². The zero-order valence-electron chi connectivity index (χ0n) is 18.7. The number of ketones is 1. The monoisotopic (exact) mass is 471 g/mol. The van der Waals surface area contributed by atoms with Gasteiger partial charge in [-0.05, 0) is 49.7 Å². The summed E-state index contributed by atoms with van der Waals surface area (Å²) in [5.41, 5.74) is 1.75. The summed E-state index contributed by atoms with van der Waals surface area (Å²) < 4.78 is 29.7. The number of anilines is 2. The first kappa shape index (κ1) is 23.3. The van der Waals surface area contributed by atoms with Gasteiger partial charge in [0.15, 0.2) is 15.6 Å². The van der Waals surface area contributed by atoms with Crippen molar-refractivity contribution < 1.29 is 22.7 Å². The van der Waals surface area contributed by atoms with Crippen molar-refractivity contribution in [2.45, 2.75) is 24.2 Å². The number of unbranched alkanes of at least 4 members (excludes halogenated alkanes) is 1. The number of methoxy groups -OCH3 is 1. The Bertz CT molecular complexity index is 1140. The quantitative estimate of drug-likeness (QED) is 0.467. The number of hydrogen-bond acceptors (Lipinski definition) is 7. The van der Waals surface area contributed by atoms with E-state index in [0.717, 1.165) is 57.0 Å². The highest BCUT2D eigenvalue weighted by molar-refractivity contribution is 7.92. The largest absolute Gasteiger partial charge is 0.495 e. The minimum absolute atomic E-state index is 0.0454. The van der Waals surface area contributed by atoms with E-state index in [1.807, 2.05) is 18.2 Å². The smallest absolute Gasteiger partial charge is 0.239 e. The average molecular weight is 472 g/mol. The van der Waals surface area contributed by atoms with Gasteiger partial charge in [0.25, 0.3) is 0 Å². The number of nitrogens with one attached hydrogen (secondary N) is 1. The number of ether oxygens (including phenoxy) is 1. The number of nitrogens with zero attached hydrogens (tertiary/aromatic N) is 2. The fourth-order valence-corrected chi connectivity index (χ4v) is 5.67. The Labute approximate surface area is 194 Å². The first-order valence-electron chi connectivity index (χ1n) is 11.2. The molecule has 8 nitrogen and oxygen atoms in total. The SMILES string of the molecule is COc1ccccc1N1CCN(CCCCC(=O)c2ccc3c(c2)NC(=O)CS3(=O)=O)CC1. The van der Waals surface area contributed by atoms with Crippen molar-refractivity contribution in [2.75, 3.05) is 55.8 Å². The highest BCUT2D eigenvalue weighted by Crippen LogP contribution is 2.29. The van der Waals surface area contributed by atoms with Crippen molar-refractivity contribution in [1.29, 1.82) is 0 Å². The van der Waals surface area contributed by atoms with Gasteiger partial charge in [-0.2, -0.15) is 0 Å². The van der Waals surface area contributed by atoms with Crippen LogP contribution in [0.2, 0.25) is 0 Å². The molecule has 2 aromatic carbocycles. The van der Waals surface area contributed by atoms with Crippen molar-refractivity contribution in [1.82, 2.24) is 4.90 Å². The van der Waals surface area contributed by atoms with E-state index >= 15 is 0 Å². The maximum absolute atomic E-state index is 12.6. The van der Waals surface area contributed by atoms with E-state index < -0.39 is 21.5 Å². The Hall–Kier alpha value is -2.91. The molecule has 2 aliphatic rings. The standard InChI is InChI=1S/C24H29N3O5S/c1-32-22-8-3-2-6-20(22)27-14-12-26(13-15-27)11-5-4-7-21(28)18-9-10-23-19(16-18)25-24(29)17-33(23,30)31/h2-3,6,8-10,16H,4-5,7,11-15,17H2,1H3,(H,25,29). The predicted molar refractivity (Wildman–Crippen MR) is 127 cm³/mol. The molecular formula is C24H29N3O5S. The Morgan fingerprint density at radius 2 is 1.82 bits per heavy atom. The lowest BCUT2D eigenvalue weighted by atomic mass is 10.0. The van der Waals surface area contributed by atoms with Gasteiger partial charge in [0.2, 0.25) is 5.91 Å². The fraction of sp³-hybridized carbons (Fsp3) is 0.417. The molecule has 2 aliphatic heterocycles. The van der Waals surface area contributed by atoms with Crippen molar-refractivity contribution in [2.24, 2.45) is 0 Å². The van der Waals surface area contributed by atoms with E-state index in [-0.39, 0.29) is 16.4 Å². The maximum atomic E-state index is 12.6. The molecule has 4 rings (SSSR count). The number of carbonyl (C=O) groups is 2. The molecule has 0 saturated carbocycles. The average Bonchev–Trinajstić information content (AvgIpc) is 2.81. The molecule has 0 bridgehead atoms. The molecule has 1 saturated heterocycles. The molecule has 1 amide bonds. The van der Waals surface area contributed by atoms with Gasteiger partial charge >= 0.3 is 0 Å². The van der Waals surface area contributed by atoms with Crippen molar-refractivity contribution in [3.63, 3.8) is 0 Å². The molecule has 0 unspecified atom stereocenters. The minimum atomic E-state index is -3.63. The van der Waals surface area contributed by atoms with Crippen LogP contribution >= 0.6 is 0 Å². The van der Waals surface area contributed by atoms with Crippen LogP contribution in [0.5, 0.6) is 5.75 Å². The first-order chi connectivity index (χ1) is 15.9. The summed E-state index contributed by atoms with van der Waals surface area (Å²) in [6.07, 6.45) is 2.06. The molecule has 1 N–H and O–H groups in total. The minimum Gasteiger partial charge on any atom is -0.495 e. The van der Waals surface area contributed by atoms with Crippen LogP contribution in [0.4, 0.5) is 11.4 Å². The summed E-state index contributed by atoms with van der Waals surface area (Å²) in [5, 5.41) is 2.55. The van der Waals surface area contributed by atoms with Gasteiger partial charge in [0, 0.05) is 38.2 Å². The Kier molecular flexibility index (Phi) is 6.99. The number of carbonyl (C=O) groups excluding carboxylic acids is 2. The second-order valence-electron chi connectivity index (χ2n) is 8.40. The second kappa shape index (κ2) is 9.93. The Balaban J connectivity index is 1.23. The predicted octanol–water partition coefficient (Wildman–Crippen LogP) is 2.60. The summed E-state index contributed by atoms with van der Waals surface area (Å²) in [4.78, 5) is 29.0. The van der Waals surface area contributed by atoms with Crippen LogP contribution in [0.15, 0.2) is 47.4 Å².